The van der Waals surface area contributed by atoms with Crippen molar-refractivity contribution in [1.29, 1.82) is 0 Å². The highest BCUT2D eigenvalue weighted by molar-refractivity contribution is 6.06. The van der Waals surface area contributed by atoms with Crippen LogP contribution >= 0.6 is 0 Å². The number of ether oxygens (including phenoxy) is 3. The van der Waals surface area contributed by atoms with Crippen molar-refractivity contribution < 1.29 is 23.8 Å². The third-order valence-electron chi connectivity index (χ3n) is 4.85. The van der Waals surface area contributed by atoms with Crippen LogP contribution in [0.25, 0.3) is 6.08 Å². The number of carbonyl (C=O) groups is 2. The number of rotatable bonds is 7. The van der Waals surface area contributed by atoms with Gasteiger partial charge >= 0.3 is 0 Å². The molecule has 0 saturated carbocycles. The van der Waals surface area contributed by atoms with E-state index in [1.807, 2.05) is 30.3 Å². The van der Waals surface area contributed by atoms with Crippen molar-refractivity contribution in [2.24, 2.45) is 0 Å². The van der Waals surface area contributed by atoms with E-state index in [1.165, 1.54) is 7.11 Å². The van der Waals surface area contributed by atoms with Gasteiger partial charge in [0.1, 0.15) is 11.4 Å². The maximum absolute atomic E-state index is 13.0. The number of para-hydroxylation sites is 1. The summed E-state index contributed by atoms with van der Waals surface area (Å²) in [5.74, 6) is 0.755. The molecule has 0 atom stereocenters. The van der Waals surface area contributed by atoms with E-state index in [0.29, 0.717) is 34.9 Å². The molecule has 0 aromatic heterocycles. The molecular weight excluding hydrogens is 408 g/mol. The maximum Gasteiger partial charge on any atom is 0.268 e. The quantitative estimate of drug-likeness (QED) is 0.561. The van der Waals surface area contributed by atoms with Crippen LogP contribution in [0.5, 0.6) is 17.2 Å². The minimum Gasteiger partial charge on any atom is -0.496 e. The molecule has 1 aliphatic heterocycles. The Bertz CT molecular complexity index is 1160. The molecule has 2 amide bonds. The van der Waals surface area contributed by atoms with Crippen LogP contribution in [-0.4, -0.2) is 25.7 Å². The smallest absolute Gasteiger partial charge is 0.268 e. The first-order chi connectivity index (χ1) is 15.6. The first-order valence-electron chi connectivity index (χ1n) is 10.0. The van der Waals surface area contributed by atoms with Gasteiger partial charge in [0.15, 0.2) is 11.5 Å². The summed E-state index contributed by atoms with van der Waals surface area (Å²) in [5.41, 5.74) is 2.04. The summed E-state index contributed by atoms with van der Waals surface area (Å²) >= 11 is 0. The summed E-state index contributed by atoms with van der Waals surface area (Å²) < 4.78 is 16.0. The SMILES string of the molecule is COc1ccccc1C(=O)NC(=Cc1ccc2c(c1)OCO2)C(=O)NCc1ccccc1. The second-order valence-corrected chi connectivity index (χ2v) is 6.99. The van der Waals surface area contributed by atoms with Gasteiger partial charge in [-0.15, -0.1) is 0 Å². The molecule has 0 fully saturated rings. The number of fused-ring (bicyclic) bond motifs is 1. The van der Waals surface area contributed by atoms with E-state index in [1.54, 1.807) is 48.5 Å². The number of hydrogen-bond acceptors (Lipinski definition) is 5. The van der Waals surface area contributed by atoms with Gasteiger partial charge in [0.2, 0.25) is 6.79 Å². The third-order valence-corrected chi connectivity index (χ3v) is 4.85. The van der Waals surface area contributed by atoms with Gasteiger partial charge in [-0.1, -0.05) is 48.5 Å². The highest BCUT2D eigenvalue weighted by atomic mass is 16.7. The molecule has 0 saturated heterocycles. The molecule has 0 radical (unpaired) electrons. The Morgan fingerprint density at radius 2 is 1.72 bits per heavy atom. The highest BCUT2D eigenvalue weighted by Gasteiger charge is 2.18. The molecule has 2 N–H and O–H groups in total. The molecule has 0 aliphatic carbocycles. The molecule has 162 valence electrons. The van der Waals surface area contributed by atoms with Gasteiger partial charge in [-0.25, -0.2) is 0 Å². The Labute approximate surface area is 185 Å². The van der Waals surface area contributed by atoms with Crippen LogP contribution in [0.15, 0.2) is 78.5 Å². The van der Waals surface area contributed by atoms with Crippen molar-refractivity contribution in [1.82, 2.24) is 10.6 Å². The number of methoxy groups -OCH3 is 1. The average Bonchev–Trinajstić information content (AvgIpc) is 3.30. The normalized spacial score (nSPS) is 12.2. The molecule has 0 unspecified atom stereocenters. The fourth-order valence-corrected chi connectivity index (χ4v) is 3.22. The molecule has 3 aromatic rings. The Morgan fingerprint density at radius 3 is 2.53 bits per heavy atom. The van der Waals surface area contributed by atoms with Gasteiger partial charge in [-0.05, 0) is 41.5 Å². The Balaban J connectivity index is 1.59. The average molecular weight is 430 g/mol. The summed E-state index contributed by atoms with van der Waals surface area (Å²) in [6, 6.07) is 21.6. The zero-order valence-corrected chi connectivity index (χ0v) is 17.5. The van der Waals surface area contributed by atoms with E-state index >= 15 is 0 Å². The van der Waals surface area contributed by atoms with Crippen molar-refractivity contribution in [3.63, 3.8) is 0 Å². The molecule has 3 aromatic carbocycles. The standard InChI is InChI=1S/C25H22N2O5/c1-30-21-10-6-5-9-19(21)24(28)27-20(25(29)26-15-17-7-3-2-4-8-17)13-18-11-12-22-23(14-18)32-16-31-22/h2-14H,15-16H2,1H3,(H,26,29)(H,27,28). The Kier molecular flexibility index (Phi) is 6.36. The van der Waals surface area contributed by atoms with E-state index in [0.717, 1.165) is 5.56 Å². The van der Waals surface area contributed by atoms with Crippen LogP contribution in [-0.2, 0) is 11.3 Å². The van der Waals surface area contributed by atoms with E-state index in [-0.39, 0.29) is 12.5 Å². The van der Waals surface area contributed by atoms with E-state index < -0.39 is 11.8 Å². The van der Waals surface area contributed by atoms with E-state index in [2.05, 4.69) is 10.6 Å². The Hall–Kier alpha value is -4.26. The number of benzene rings is 3. The van der Waals surface area contributed by atoms with Gasteiger partial charge in [-0.2, -0.15) is 0 Å². The van der Waals surface area contributed by atoms with Crippen molar-refractivity contribution in [3.05, 3.63) is 95.2 Å². The minimum atomic E-state index is -0.454. The highest BCUT2D eigenvalue weighted by Crippen LogP contribution is 2.33. The minimum absolute atomic E-state index is 0.0932. The fraction of sp³-hybridized carbons (Fsp3) is 0.120. The van der Waals surface area contributed by atoms with Gasteiger partial charge in [0.05, 0.1) is 12.7 Å². The molecule has 0 bridgehead atoms. The zero-order valence-electron chi connectivity index (χ0n) is 17.5. The fourth-order valence-electron chi connectivity index (χ4n) is 3.22. The second kappa shape index (κ2) is 9.70. The predicted octanol–water partition coefficient (Wildman–Crippen LogP) is 3.51. The summed E-state index contributed by atoms with van der Waals surface area (Å²) in [6.45, 7) is 0.472. The topological polar surface area (TPSA) is 85.9 Å². The third kappa shape index (κ3) is 4.89. The van der Waals surface area contributed by atoms with Crippen LogP contribution in [0.2, 0.25) is 0 Å². The van der Waals surface area contributed by atoms with Crippen molar-refractivity contribution >= 4 is 17.9 Å². The van der Waals surface area contributed by atoms with E-state index in [4.69, 9.17) is 14.2 Å². The molecule has 1 heterocycles. The first-order valence-corrected chi connectivity index (χ1v) is 10.0. The van der Waals surface area contributed by atoms with E-state index in [9.17, 15) is 9.59 Å². The maximum atomic E-state index is 13.0. The lowest BCUT2D eigenvalue weighted by molar-refractivity contribution is -0.117. The summed E-state index contributed by atoms with van der Waals surface area (Å²) in [7, 11) is 1.49. The molecule has 0 spiro atoms. The van der Waals surface area contributed by atoms with Crippen LogP contribution < -0.4 is 24.8 Å². The van der Waals surface area contributed by atoms with Gasteiger partial charge < -0.3 is 24.8 Å². The lowest BCUT2D eigenvalue weighted by atomic mass is 10.1. The first kappa shape index (κ1) is 21.0. The number of hydrogen-bond donors (Lipinski definition) is 2. The van der Waals surface area contributed by atoms with Crippen LogP contribution in [0.3, 0.4) is 0 Å². The lowest BCUT2D eigenvalue weighted by Crippen LogP contribution is -2.34. The largest absolute Gasteiger partial charge is 0.496 e. The number of amides is 2. The van der Waals surface area contributed by atoms with Crippen LogP contribution in [0.4, 0.5) is 0 Å². The summed E-state index contributed by atoms with van der Waals surface area (Å²) in [5, 5.41) is 5.57. The molecule has 32 heavy (non-hydrogen) atoms. The Morgan fingerprint density at radius 1 is 0.969 bits per heavy atom. The summed E-state index contributed by atoms with van der Waals surface area (Å²) in [6.07, 6.45) is 1.59. The molecule has 7 heteroatoms. The molecule has 7 nitrogen and oxygen atoms in total. The molecule has 1 aliphatic rings. The number of nitrogens with one attached hydrogen (secondary N) is 2. The van der Waals surface area contributed by atoms with Crippen molar-refractivity contribution in [3.8, 4) is 17.2 Å². The molecule has 4 rings (SSSR count). The number of carbonyl (C=O) groups excluding carboxylic acids is 2. The van der Waals surface area contributed by atoms with Gasteiger partial charge in [0, 0.05) is 6.54 Å². The van der Waals surface area contributed by atoms with Crippen LogP contribution in [0, 0.1) is 0 Å². The monoisotopic (exact) mass is 430 g/mol. The van der Waals surface area contributed by atoms with Crippen molar-refractivity contribution in [2.75, 3.05) is 13.9 Å². The van der Waals surface area contributed by atoms with Gasteiger partial charge in [-0.3, -0.25) is 9.59 Å². The summed E-state index contributed by atoms with van der Waals surface area (Å²) in [4.78, 5) is 25.9. The van der Waals surface area contributed by atoms with Gasteiger partial charge in [0.25, 0.3) is 11.8 Å². The lowest BCUT2D eigenvalue weighted by Gasteiger charge is -2.13. The second-order valence-electron chi connectivity index (χ2n) is 6.99. The zero-order chi connectivity index (χ0) is 22.3. The molecular formula is C25H22N2O5. The van der Waals surface area contributed by atoms with Crippen LogP contribution in [0.1, 0.15) is 21.5 Å². The van der Waals surface area contributed by atoms with Crippen molar-refractivity contribution in [2.45, 2.75) is 6.54 Å². The predicted molar refractivity (Wildman–Crippen MR) is 119 cm³/mol.